The Morgan fingerprint density at radius 1 is 0.879 bits per heavy atom. The molecule has 8 nitrogen and oxygen atoms in total. The highest BCUT2D eigenvalue weighted by Gasteiger charge is 2.28. The normalized spacial score (nSPS) is 10.5. The second-order valence-electron chi connectivity index (χ2n) is 7.30. The lowest BCUT2D eigenvalue weighted by atomic mass is 10.1. The Hall–Kier alpha value is -4.46. The topological polar surface area (TPSA) is 93.4 Å². The van der Waals surface area contributed by atoms with Crippen molar-refractivity contribution in [1.82, 2.24) is 9.97 Å². The molecule has 0 aliphatic carbocycles. The van der Waals surface area contributed by atoms with Crippen molar-refractivity contribution in [1.29, 1.82) is 0 Å². The Balaban J connectivity index is 1.77. The number of benzene rings is 3. The number of nitro groups is 1. The predicted octanol–water partition coefficient (Wildman–Crippen LogP) is 5.34. The number of rotatable bonds is 9. The fourth-order valence-corrected chi connectivity index (χ4v) is 3.55. The third kappa shape index (κ3) is 5.24. The van der Waals surface area contributed by atoms with Crippen LogP contribution in [0.15, 0.2) is 91.3 Å². The molecule has 0 atom stereocenters. The number of anilines is 3. The molecule has 0 saturated heterocycles. The summed E-state index contributed by atoms with van der Waals surface area (Å²) < 4.78 is 5.37. The molecule has 0 unspecified atom stereocenters. The molecular weight excluding hydrogens is 418 g/mol. The van der Waals surface area contributed by atoms with Crippen LogP contribution in [0.5, 0.6) is 5.75 Å². The number of nitrogens with zero attached hydrogens (tertiary/aromatic N) is 4. The summed E-state index contributed by atoms with van der Waals surface area (Å²) in [5, 5.41) is 15.3. The van der Waals surface area contributed by atoms with Crippen LogP contribution < -0.4 is 15.0 Å². The molecule has 1 N–H and O–H groups in total. The van der Waals surface area contributed by atoms with E-state index in [1.807, 2.05) is 77.7 Å². The lowest BCUT2D eigenvalue weighted by Gasteiger charge is -2.24. The summed E-state index contributed by atoms with van der Waals surface area (Å²) in [6, 6.07) is 26.8. The first-order valence-electron chi connectivity index (χ1n) is 10.4. The van der Waals surface area contributed by atoms with Crippen LogP contribution in [0, 0.1) is 10.1 Å². The first kappa shape index (κ1) is 21.8. The van der Waals surface area contributed by atoms with Gasteiger partial charge in [-0.1, -0.05) is 72.8 Å². The smallest absolute Gasteiger partial charge is 0.353 e. The van der Waals surface area contributed by atoms with Gasteiger partial charge in [-0.05, 0) is 23.3 Å². The third-order valence-corrected chi connectivity index (χ3v) is 5.08. The first-order chi connectivity index (χ1) is 16.2. The molecule has 0 radical (unpaired) electrons. The Morgan fingerprint density at radius 2 is 1.45 bits per heavy atom. The zero-order valence-corrected chi connectivity index (χ0v) is 18.1. The van der Waals surface area contributed by atoms with E-state index in [-0.39, 0.29) is 17.3 Å². The Labute approximate surface area is 191 Å². The minimum atomic E-state index is -0.448. The van der Waals surface area contributed by atoms with Crippen molar-refractivity contribution in [2.75, 3.05) is 17.3 Å². The van der Waals surface area contributed by atoms with Gasteiger partial charge in [-0.2, -0.15) is 0 Å². The largest absolute Gasteiger partial charge is 0.495 e. The molecule has 0 aliphatic rings. The number of ether oxygens (including phenoxy) is 1. The average Bonchev–Trinajstić information content (AvgIpc) is 2.85. The lowest BCUT2D eigenvalue weighted by molar-refractivity contribution is -0.383. The summed E-state index contributed by atoms with van der Waals surface area (Å²) in [5.74, 6) is 0.887. The van der Waals surface area contributed by atoms with Crippen molar-refractivity contribution in [3.63, 3.8) is 0 Å². The van der Waals surface area contributed by atoms with E-state index in [0.717, 1.165) is 11.1 Å². The van der Waals surface area contributed by atoms with Gasteiger partial charge in [0.1, 0.15) is 12.1 Å². The van der Waals surface area contributed by atoms with Crippen LogP contribution in [-0.4, -0.2) is 22.0 Å². The lowest BCUT2D eigenvalue weighted by Crippen LogP contribution is -2.24. The van der Waals surface area contributed by atoms with Gasteiger partial charge in [-0.15, -0.1) is 0 Å². The molecule has 1 heterocycles. The molecule has 0 fully saturated rings. The number of methoxy groups -OCH3 is 1. The maximum atomic E-state index is 12.2. The standard InChI is InChI=1S/C25H23N5O3/c1-33-22-15-9-8-14-21(22)28-24-23(30(31)32)25(27-18-26-24)29(16-19-10-4-2-5-11-19)17-20-12-6-3-7-13-20/h2-15,18H,16-17H2,1H3,(H,26,27,28). The minimum Gasteiger partial charge on any atom is -0.495 e. The molecular formula is C25H23N5O3. The second-order valence-corrected chi connectivity index (χ2v) is 7.30. The van der Waals surface area contributed by atoms with Crippen molar-refractivity contribution in [2.24, 2.45) is 0 Å². The number of para-hydroxylation sites is 2. The summed E-state index contributed by atoms with van der Waals surface area (Å²) in [6.07, 6.45) is 1.34. The van der Waals surface area contributed by atoms with E-state index in [1.54, 1.807) is 19.2 Å². The van der Waals surface area contributed by atoms with E-state index in [4.69, 9.17) is 4.74 Å². The Kier molecular flexibility index (Phi) is 6.75. The maximum Gasteiger partial charge on any atom is 0.353 e. The van der Waals surface area contributed by atoms with Crippen molar-refractivity contribution in [3.8, 4) is 5.75 Å². The molecule has 4 aromatic rings. The van der Waals surface area contributed by atoms with Gasteiger partial charge < -0.3 is 15.0 Å². The molecule has 8 heteroatoms. The summed E-state index contributed by atoms with van der Waals surface area (Å²) in [7, 11) is 1.54. The quantitative estimate of drug-likeness (QED) is 0.277. The molecule has 4 rings (SSSR count). The fourth-order valence-electron chi connectivity index (χ4n) is 3.55. The SMILES string of the molecule is COc1ccccc1Nc1ncnc(N(Cc2ccccc2)Cc2ccccc2)c1[N+](=O)[O-]. The van der Waals surface area contributed by atoms with Gasteiger partial charge in [0.2, 0.25) is 11.6 Å². The zero-order chi connectivity index (χ0) is 23.0. The number of hydrogen-bond acceptors (Lipinski definition) is 7. The molecule has 0 amide bonds. The molecule has 166 valence electrons. The van der Waals surface area contributed by atoms with Crippen molar-refractivity contribution in [2.45, 2.75) is 13.1 Å². The maximum absolute atomic E-state index is 12.2. The summed E-state index contributed by atoms with van der Waals surface area (Å²) >= 11 is 0. The molecule has 3 aromatic carbocycles. The van der Waals surface area contributed by atoms with Crippen LogP contribution in [0.3, 0.4) is 0 Å². The molecule has 0 aliphatic heterocycles. The van der Waals surface area contributed by atoms with Crippen LogP contribution in [0.2, 0.25) is 0 Å². The third-order valence-electron chi connectivity index (χ3n) is 5.08. The van der Waals surface area contributed by atoms with E-state index in [2.05, 4.69) is 15.3 Å². The summed E-state index contributed by atoms with van der Waals surface area (Å²) in [4.78, 5) is 22.2. The Morgan fingerprint density at radius 3 is 2.03 bits per heavy atom. The van der Waals surface area contributed by atoms with Crippen molar-refractivity contribution in [3.05, 3.63) is 112 Å². The van der Waals surface area contributed by atoms with Gasteiger partial charge in [0.15, 0.2) is 0 Å². The van der Waals surface area contributed by atoms with Crippen molar-refractivity contribution < 1.29 is 9.66 Å². The zero-order valence-electron chi connectivity index (χ0n) is 18.1. The van der Waals surface area contributed by atoms with Gasteiger partial charge in [0.05, 0.1) is 17.7 Å². The van der Waals surface area contributed by atoms with E-state index in [9.17, 15) is 10.1 Å². The molecule has 0 saturated carbocycles. The predicted molar refractivity (Wildman–Crippen MR) is 128 cm³/mol. The molecule has 33 heavy (non-hydrogen) atoms. The summed E-state index contributed by atoms with van der Waals surface area (Å²) in [5.41, 5.74) is 2.40. The first-order valence-corrected chi connectivity index (χ1v) is 10.4. The van der Waals surface area contributed by atoms with E-state index >= 15 is 0 Å². The molecule has 0 bridgehead atoms. The van der Waals surface area contributed by atoms with Gasteiger partial charge in [-0.3, -0.25) is 10.1 Å². The van der Waals surface area contributed by atoms with E-state index in [1.165, 1.54) is 6.33 Å². The van der Waals surface area contributed by atoms with E-state index in [0.29, 0.717) is 24.5 Å². The number of nitrogens with one attached hydrogen (secondary N) is 1. The minimum absolute atomic E-state index is 0.0978. The highest BCUT2D eigenvalue weighted by atomic mass is 16.6. The number of hydrogen-bond donors (Lipinski definition) is 1. The van der Waals surface area contributed by atoms with Crippen LogP contribution in [0.25, 0.3) is 0 Å². The van der Waals surface area contributed by atoms with Gasteiger partial charge in [-0.25, -0.2) is 9.97 Å². The highest BCUT2D eigenvalue weighted by Crippen LogP contribution is 2.36. The van der Waals surface area contributed by atoms with Crippen LogP contribution in [0.1, 0.15) is 11.1 Å². The van der Waals surface area contributed by atoms with E-state index < -0.39 is 4.92 Å². The van der Waals surface area contributed by atoms with Crippen LogP contribution in [-0.2, 0) is 13.1 Å². The highest BCUT2D eigenvalue weighted by molar-refractivity contribution is 5.76. The average molecular weight is 441 g/mol. The van der Waals surface area contributed by atoms with Crippen LogP contribution in [0.4, 0.5) is 23.0 Å². The molecule has 0 spiro atoms. The number of aromatic nitrogens is 2. The van der Waals surface area contributed by atoms with Gasteiger partial charge in [0, 0.05) is 13.1 Å². The molecule has 1 aromatic heterocycles. The van der Waals surface area contributed by atoms with Gasteiger partial charge >= 0.3 is 5.69 Å². The summed E-state index contributed by atoms with van der Waals surface area (Å²) in [6.45, 7) is 0.892. The van der Waals surface area contributed by atoms with Gasteiger partial charge in [0.25, 0.3) is 0 Å². The van der Waals surface area contributed by atoms with Crippen molar-refractivity contribution >= 4 is 23.0 Å². The monoisotopic (exact) mass is 441 g/mol. The Bertz CT molecular complexity index is 1180. The van der Waals surface area contributed by atoms with Crippen LogP contribution >= 0.6 is 0 Å². The second kappa shape index (κ2) is 10.2. The fraction of sp³-hybridized carbons (Fsp3) is 0.120.